The molecular weight excluding hydrogens is 168 g/mol. The molecule has 6 nitrogen and oxygen atoms in total. The summed E-state index contributed by atoms with van der Waals surface area (Å²) < 4.78 is 3.96. The minimum atomic E-state index is -1.15. The van der Waals surface area contributed by atoms with Gasteiger partial charge in [-0.05, 0) is 0 Å². The highest BCUT2D eigenvalue weighted by Crippen LogP contribution is 1.92. The maximum atomic E-state index is 10.5. The number of hydrogen-bond acceptors (Lipinski definition) is 5. The maximum Gasteiger partial charge on any atom is 0.339 e. The maximum absolute atomic E-state index is 10.5. The van der Waals surface area contributed by atoms with Crippen molar-refractivity contribution in [2.75, 3.05) is 6.61 Å². The summed E-state index contributed by atoms with van der Waals surface area (Å²) in [6.07, 6.45) is -0.765. The summed E-state index contributed by atoms with van der Waals surface area (Å²) in [4.78, 5) is 30.6. The molecule has 0 heterocycles. The van der Waals surface area contributed by atoms with Crippen LogP contribution in [0.15, 0.2) is 0 Å². The normalized spacial score (nSPS) is 9.08. The first-order valence-corrected chi connectivity index (χ1v) is 3.12. The van der Waals surface area contributed by atoms with E-state index in [0.717, 1.165) is 0 Å². The van der Waals surface area contributed by atoms with E-state index in [2.05, 4.69) is 4.74 Å². The predicted molar refractivity (Wildman–Crippen MR) is 35.1 cm³/mol. The molecule has 0 saturated carbocycles. The monoisotopic (exact) mass is 176 g/mol. The van der Waals surface area contributed by atoms with Crippen molar-refractivity contribution in [3.8, 4) is 0 Å². The molecule has 0 radical (unpaired) electrons. The number of carbonyl (C=O) groups is 3. The van der Waals surface area contributed by atoms with Crippen LogP contribution in [0, 0.1) is 0 Å². The Labute approximate surface area is 67.8 Å². The van der Waals surface area contributed by atoms with Crippen molar-refractivity contribution in [1.29, 1.82) is 0 Å². The smallest absolute Gasteiger partial charge is 0.339 e. The van der Waals surface area contributed by atoms with Gasteiger partial charge < -0.3 is 14.9 Å². The molecule has 0 fully saturated rings. The Balaban J connectivity index is 3.60. The minimum Gasteiger partial charge on any atom is -0.481 e. The Bertz CT molecular complexity index is 196. The van der Waals surface area contributed by atoms with Gasteiger partial charge in [0.1, 0.15) is 6.61 Å². The summed E-state index contributed by atoms with van der Waals surface area (Å²) in [5, 5.41) is 16.2. The third kappa shape index (κ3) is 5.36. The fraction of sp³-hybridized carbons (Fsp3) is 0.500. The molecule has 0 amide bonds. The van der Waals surface area contributed by atoms with Gasteiger partial charge in [0.25, 0.3) is 0 Å². The molecule has 0 saturated heterocycles. The molecule has 0 aliphatic rings. The number of aliphatic carboxylic acids is 1. The lowest BCUT2D eigenvalue weighted by Crippen LogP contribution is -2.16. The first-order valence-electron chi connectivity index (χ1n) is 3.12. The van der Waals surface area contributed by atoms with Crippen molar-refractivity contribution in [3.63, 3.8) is 0 Å². The van der Waals surface area contributed by atoms with E-state index in [1.165, 1.54) is 0 Å². The van der Waals surface area contributed by atoms with E-state index in [1.54, 1.807) is 0 Å². The highest BCUT2D eigenvalue weighted by Gasteiger charge is 2.10. The van der Waals surface area contributed by atoms with Crippen LogP contribution in [0.5, 0.6) is 0 Å². The first kappa shape index (κ1) is 10.6. The van der Waals surface area contributed by atoms with Crippen molar-refractivity contribution in [2.45, 2.75) is 12.8 Å². The molecule has 0 aromatic rings. The van der Waals surface area contributed by atoms with E-state index in [9.17, 15) is 14.4 Å². The van der Waals surface area contributed by atoms with Crippen LogP contribution >= 0.6 is 0 Å². The Hall–Kier alpha value is -1.43. The van der Waals surface area contributed by atoms with Crippen LogP contribution in [-0.2, 0) is 19.1 Å². The van der Waals surface area contributed by atoms with Crippen LogP contribution in [-0.4, -0.2) is 34.7 Å². The molecule has 0 bridgehead atoms. The van der Waals surface area contributed by atoms with E-state index in [1.807, 2.05) is 0 Å². The zero-order chi connectivity index (χ0) is 9.56. The van der Waals surface area contributed by atoms with Crippen LogP contribution in [0.1, 0.15) is 12.8 Å². The second-order valence-electron chi connectivity index (χ2n) is 1.90. The molecule has 68 valence electrons. The average molecular weight is 176 g/mol. The summed E-state index contributed by atoms with van der Waals surface area (Å²) in [7, 11) is 0. The van der Waals surface area contributed by atoms with Gasteiger partial charge in [-0.2, -0.15) is 0 Å². The number of rotatable bonds is 4. The van der Waals surface area contributed by atoms with Gasteiger partial charge in [-0.1, -0.05) is 0 Å². The molecule has 6 heteroatoms. The lowest BCUT2D eigenvalue weighted by atomic mass is 10.3. The number of carbonyl (C=O) groups excluding carboxylic acids is 2. The van der Waals surface area contributed by atoms with Crippen LogP contribution in [0.4, 0.5) is 0 Å². The van der Waals surface area contributed by atoms with Gasteiger partial charge in [0.2, 0.25) is 0 Å². The Morgan fingerprint density at radius 2 is 1.67 bits per heavy atom. The second kappa shape index (κ2) is 5.25. The van der Waals surface area contributed by atoms with Gasteiger partial charge in [-0.25, -0.2) is 4.79 Å². The molecule has 0 aromatic heterocycles. The van der Waals surface area contributed by atoms with Crippen molar-refractivity contribution in [3.05, 3.63) is 0 Å². The van der Waals surface area contributed by atoms with Crippen LogP contribution < -0.4 is 0 Å². The summed E-state index contributed by atoms with van der Waals surface area (Å²) in [6, 6.07) is 0. The molecule has 0 aliphatic carbocycles. The highest BCUT2D eigenvalue weighted by molar-refractivity contribution is 5.87. The first-order chi connectivity index (χ1) is 5.56. The minimum absolute atomic E-state index is 0.374. The molecule has 0 rings (SSSR count). The fourth-order valence-corrected chi connectivity index (χ4v) is 0.419. The molecule has 0 unspecified atom stereocenters. The average Bonchev–Trinajstić information content (AvgIpc) is 2.00. The molecule has 0 aliphatic heterocycles. The number of ether oxygens (including phenoxy) is 1. The van der Waals surface area contributed by atoms with E-state index >= 15 is 0 Å². The SMILES string of the molecule is O=C(O)CCC(=O)OC(=O)CO. The topological polar surface area (TPSA) is 101 Å². The van der Waals surface area contributed by atoms with Crippen molar-refractivity contribution >= 4 is 17.9 Å². The van der Waals surface area contributed by atoms with E-state index in [4.69, 9.17) is 10.2 Å². The molecule has 0 spiro atoms. The van der Waals surface area contributed by atoms with Gasteiger partial charge in [0, 0.05) is 0 Å². The summed E-state index contributed by atoms with van der Waals surface area (Å²) in [5.74, 6) is -3.18. The predicted octanol–water partition coefficient (Wildman–Crippen LogP) is -1.09. The molecule has 0 atom stereocenters. The van der Waals surface area contributed by atoms with E-state index in [0.29, 0.717) is 0 Å². The van der Waals surface area contributed by atoms with Crippen LogP contribution in [0.3, 0.4) is 0 Å². The summed E-state index contributed by atoms with van der Waals surface area (Å²) in [6.45, 7) is -0.890. The lowest BCUT2D eigenvalue weighted by molar-refractivity contribution is -0.162. The van der Waals surface area contributed by atoms with Gasteiger partial charge in [-0.15, -0.1) is 0 Å². The van der Waals surface area contributed by atoms with E-state index < -0.39 is 30.9 Å². The zero-order valence-electron chi connectivity index (χ0n) is 6.15. The Morgan fingerprint density at radius 3 is 2.08 bits per heavy atom. The van der Waals surface area contributed by atoms with Crippen molar-refractivity contribution in [2.24, 2.45) is 0 Å². The third-order valence-electron chi connectivity index (χ3n) is 0.900. The highest BCUT2D eigenvalue weighted by atomic mass is 16.6. The Kier molecular flexibility index (Phi) is 4.62. The van der Waals surface area contributed by atoms with Crippen molar-refractivity contribution < 1.29 is 29.3 Å². The fourth-order valence-electron chi connectivity index (χ4n) is 0.419. The number of esters is 2. The number of hydrogen-bond donors (Lipinski definition) is 2. The molecule has 2 N–H and O–H groups in total. The summed E-state index contributed by atoms with van der Waals surface area (Å²) in [5.41, 5.74) is 0. The molecular formula is C6H8O6. The van der Waals surface area contributed by atoms with Gasteiger partial charge in [0.15, 0.2) is 0 Å². The van der Waals surface area contributed by atoms with Gasteiger partial charge in [0.05, 0.1) is 12.8 Å². The largest absolute Gasteiger partial charge is 0.481 e. The number of aliphatic hydroxyl groups is 1. The summed E-state index contributed by atoms with van der Waals surface area (Å²) >= 11 is 0. The number of carboxylic acid groups (broad SMARTS) is 1. The Morgan fingerprint density at radius 1 is 1.08 bits per heavy atom. The molecule has 0 aromatic carbocycles. The van der Waals surface area contributed by atoms with E-state index in [-0.39, 0.29) is 6.42 Å². The lowest BCUT2D eigenvalue weighted by Gasteiger charge is -1.97. The van der Waals surface area contributed by atoms with Gasteiger partial charge >= 0.3 is 17.9 Å². The molecule has 12 heavy (non-hydrogen) atoms. The quantitative estimate of drug-likeness (QED) is 0.417. The zero-order valence-corrected chi connectivity index (χ0v) is 6.15. The standard InChI is InChI=1S/C6H8O6/c7-3-6(11)12-5(10)2-1-4(8)9/h7H,1-3H2,(H,8,9). The second-order valence-corrected chi connectivity index (χ2v) is 1.90. The third-order valence-corrected chi connectivity index (χ3v) is 0.900. The van der Waals surface area contributed by atoms with Crippen LogP contribution in [0.2, 0.25) is 0 Å². The van der Waals surface area contributed by atoms with Crippen molar-refractivity contribution in [1.82, 2.24) is 0 Å². The van der Waals surface area contributed by atoms with Crippen LogP contribution in [0.25, 0.3) is 0 Å². The number of carboxylic acids is 1. The number of aliphatic hydroxyl groups excluding tert-OH is 1. The van der Waals surface area contributed by atoms with Gasteiger partial charge in [-0.3, -0.25) is 9.59 Å².